The molecule has 70 valence electrons. The minimum absolute atomic E-state index is 0.150. The summed E-state index contributed by atoms with van der Waals surface area (Å²) in [6, 6.07) is 0. The van der Waals surface area contributed by atoms with Crippen molar-refractivity contribution in [1.82, 2.24) is 5.32 Å². The number of hydrogen-bond acceptors (Lipinski definition) is 1. The van der Waals surface area contributed by atoms with Gasteiger partial charge in [0.1, 0.15) is 0 Å². The molecule has 12 heavy (non-hydrogen) atoms. The molecule has 3 heteroatoms. The van der Waals surface area contributed by atoms with Crippen molar-refractivity contribution in [3.05, 3.63) is 0 Å². The fraction of sp³-hybridized carbons (Fsp3) is 1.00. The van der Waals surface area contributed by atoms with Gasteiger partial charge < -0.3 is 5.32 Å². The van der Waals surface area contributed by atoms with Gasteiger partial charge in [0.2, 0.25) is 5.92 Å². The van der Waals surface area contributed by atoms with Crippen molar-refractivity contribution in [3.8, 4) is 0 Å². The highest BCUT2D eigenvalue weighted by molar-refractivity contribution is 4.91. The minimum Gasteiger partial charge on any atom is -0.317 e. The minimum atomic E-state index is -2.32. The molecule has 2 fully saturated rings. The monoisotopic (exact) mass is 175 g/mol. The first-order valence-corrected chi connectivity index (χ1v) is 4.76. The van der Waals surface area contributed by atoms with Crippen molar-refractivity contribution in [2.75, 3.05) is 13.1 Å². The van der Waals surface area contributed by atoms with Gasteiger partial charge in [-0.15, -0.1) is 0 Å². The first kappa shape index (κ1) is 8.42. The van der Waals surface area contributed by atoms with E-state index in [0.29, 0.717) is 11.8 Å². The van der Waals surface area contributed by atoms with Crippen molar-refractivity contribution in [2.24, 2.45) is 11.8 Å². The molecule has 0 radical (unpaired) electrons. The number of rotatable bonds is 1. The van der Waals surface area contributed by atoms with Crippen molar-refractivity contribution in [3.63, 3.8) is 0 Å². The van der Waals surface area contributed by atoms with Crippen LogP contribution in [0.4, 0.5) is 8.78 Å². The van der Waals surface area contributed by atoms with Gasteiger partial charge in [0.15, 0.2) is 0 Å². The molecule has 1 saturated heterocycles. The van der Waals surface area contributed by atoms with Gasteiger partial charge in [-0.2, -0.15) is 0 Å². The van der Waals surface area contributed by atoms with Crippen LogP contribution in [0.1, 0.15) is 25.7 Å². The molecule has 0 atom stereocenters. The largest absolute Gasteiger partial charge is 0.317 e. The van der Waals surface area contributed by atoms with E-state index in [1.54, 1.807) is 0 Å². The predicted octanol–water partition coefficient (Wildman–Crippen LogP) is 2.03. The van der Waals surface area contributed by atoms with Crippen LogP contribution < -0.4 is 5.32 Å². The van der Waals surface area contributed by atoms with Gasteiger partial charge in [-0.05, 0) is 37.8 Å². The molecule has 2 aliphatic rings. The van der Waals surface area contributed by atoms with Crippen molar-refractivity contribution in [2.45, 2.75) is 31.6 Å². The maximum Gasteiger partial charge on any atom is 0.248 e. The summed E-state index contributed by atoms with van der Waals surface area (Å²) in [7, 11) is 0. The molecule has 1 aliphatic heterocycles. The molecular formula is C9H15F2N. The third-order valence-electron chi connectivity index (χ3n) is 3.17. The molecule has 1 aliphatic carbocycles. The fourth-order valence-electron chi connectivity index (χ4n) is 2.36. The molecule has 1 nitrogen and oxygen atoms in total. The van der Waals surface area contributed by atoms with E-state index in [0.717, 1.165) is 25.9 Å². The summed E-state index contributed by atoms with van der Waals surface area (Å²) in [5.41, 5.74) is 0. The first-order chi connectivity index (χ1) is 5.67. The highest BCUT2D eigenvalue weighted by atomic mass is 19.3. The maximum atomic E-state index is 12.5. The Kier molecular flexibility index (Phi) is 2.07. The second-order valence-electron chi connectivity index (χ2n) is 4.11. The molecule has 0 aromatic rings. The first-order valence-electron chi connectivity index (χ1n) is 4.76. The summed E-state index contributed by atoms with van der Waals surface area (Å²) in [5, 5.41) is 3.25. The highest BCUT2D eigenvalue weighted by Gasteiger charge is 2.48. The molecule has 0 aromatic heterocycles. The van der Waals surface area contributed by atoms with Crippen LogP contribution in [0, 0.1) is 11.8 Å². The van der Waals surface area contributed by atoms with E-state index < -0.39 is 5.92 Å². The zero-order valence-electron chi connectivity index (χ0n) is 7.15. The Hall–Kier alpha value is -0.180. The number of piperidine rings is 1. The number of alkyl halides is 2. The Labute approximate surface area is 71.5 Å². The van der Waals surface area contributed by atoms with Crippen molar-refractivity contribution in [1.29, 1.82) is 0 Å². The van der Waals surface area contributed by atoms with Crippen LogP contribution in [0.15, 0.2) is 0 Å². The molecule has 1 N–H and O–H groups in total. The van der Waals surface area contributed by atoms with Gasteiger partial charge in [-0.3, -0.25) is 0 Å². The summed E-state index contributed by atoms with van der Waals surface area (Å²) < 4.78 is 25.1. The van der Waals surface area contributed by atoms with Crippen molar-refractivity contribution < 1.29 is 8.78 Å². The van der Waals surface area contributed by atoms with Crippen LogP contribution in [-0.4, -0.2) is 19.0 Å². The quantitative estimate of drug-likeness (QED) is 0.643. The Morgan fingerprint density at radius 3 is 2.08 bits per heavy atom. The summed E-state index contributed by atoms with van der Waals surface area (Å²) in [6.07, 6.45) is 2.50. The summed E-state index contributed by atoms with van der Waals surface area (Å²) in [5.74, 6) is -1.43. The van der Waals surface area contributed by atoms with E-state index in [-0.39, 0.29) is 12.8 Å². The lowest BCUT2D eigenvalue weighted by atomic mass is 9.70. The Balaban J connectivity index is 1.79. The summed E-state index contributed by atoms with van der Waals surface area (Å²) in [4.78, 5) is 0. The van der Waals surface area contributed by atoms with Crippen LogP contribution in [0.2, 0.25) is 0 Å². The fourth-order valence-corrected chi connectivity index (χ4v) is 2.36. The van der Waals surface area contributed by atoms with Gasteiger partial charge >= 0.3 is 0 Å². The summed E-state index contributed by atoms with van der Waals surface area (Å²) in [6.45, 7) is 2.04. The molecule has 2 rings (SSSR count). The number of halogens is 2. The molecule has 0 amide bonds. The lowest BCUT2D eigenvalue weighted by molar-refractivity contribution is -0.128. The molecule has 1 saturated carbocycles. The van der Waals surface area contributed by atoms with E-state index in [4.69, 9.17) is 0 Å². The lowest BCUT2D eigenvalue weighted by Gasteiger charge is -2.41. The second-order valence-corrected chi connectivity index (χ2v) is 4.11. The lowest BCUT2D eigenvalue weighted by Crippen LogP contribution is -2.43. The zero-order valence-corrected chi connectivity index (χ0v) is 7.15. The van der Waals surface area contributed by atoms with Crippen LogP contribution in [0.3, 0.4) is 0 Å². The topological polar surface area (TPSA) is 12.0 Å². The Morgan fingerprint density at radius 2 is 1.58 bits per heavy atom. The molecule has 1 heterocycles. The molecular weight excluding hydrogens is 160 g/mol. The van der Waals surface area contributed by atoms with Crippen LogP contribution in [0.25, 0.3) is 0 Å². The Bertz CT molecular complexity index is 156. The normalized spacial score (nSPS) is 31.5. The SMILES string of the molecule is FC1(F)CC(C2CCNCC2)C1. The molecule has 0 unspecified atom stereocenters. The van der Waals surface area contributed by atoms with E-state index in [1.807, 2.05) is 0 Å². The van der Waals surface area contributed by atoms with Crippen LogP contribution in [0.5, 0.6) is 0 Å². The standard InChI is InChI=1S/C9H15F2N/c10-9(11)5-8(6-9)7-1-3-12-4-2-7/h7-8,12H,1-6H2. The van der Waals surface area contributed by atoms with Gasteiger partial charge in [-0.25, -0.2) is 8.78 Å². The average Bonchev–Trinajstić information content (AvgIpc) is 2.02. The van der Waals surface area contributed by atoms with Gasteiger partial charge in [0.25, 0.3) is 0 Å². The zero-order chi connectivity index (χ0) is 8.60. The Morgan fingerprint density at radius 1 is 1.00 bits per heavy atom. The summed E-state index contributed by atoms with van der Waals surface area (Å²) >= 11 is 0. The van der Waals surface area contributed by atoms with Gasteiger partial charge in [0, 0.05) is 12.8 Å². The third kappa shape index (κ3) is 1.60. The smallest absolute Gasteiger partial charge is 0.248 e. The molecule has 0 aromatic carbocycles. The van der Waals surface area contributed by atoms with Gasteiger partial charge in [-0.1, -0.05) is 0 Å². The van der Waals surface area contributed by atoms with E-state index >= 15 is 0 Å². The third-order valence-corrected chi connectivity index (χ3v) is 3.17. The molecule has 0 spiro atoms. The predicted molar refractivity (Wildman–Crippen MR) is 43.3 cm³/mol. The second kappa shape index (κ2) is 2.95. The van der Waals surface area contributed by atoms with Crippen molar-refractivity contribution >= 4 is 0 Å². The van der Waals surface area contributed by atoms with Crippen LogP contribution in [-0.2, 0) is 0 Å². The van der Waals surface area contributed by atoms with Crippen LogP contribution >= 0.6 is 0 Å². The highest BCUT2D eigenvalue weighted by Crippen LogP contribution is 2.47. The van der Waals surface area contributed by atoms with E-state index in [9.17, 15) is 8.78 Å². The average molecular weight is 175 g/mol. The van der Waals surface area contributed by atoms with E-state index in [2.05, 4.69) is 5.32 Å². The number of nitrogens with one attached hydrogen (secondary N) is 1. The van der Waals surface area contributed by atoms with E-state index in [1.165, 1.54) is 0 Å². The molecule has 0 bridgehead atoms. The maximum absolute atomic E-state index is 12.5. The van der Waals surface area contributed by atoms with Gasteiger partial charge in [0.05, 0.1) is 0 Å². The number of hydrogen-bond donors (Lipinski definition) is 1.